The van der Waals surface area contributed by atoms with E-state index in [-0.39, 0.29) is 17.9 Å². The van der Waals surface area contributed by atoms with E-state index >= 15 is 0 Å². The minimum atomic E-state index is -0.405. The Bertz CT molecular complexity index is 293. The lowest BCUT2D eigenvalue weighted by molar-refractivity contribution is -0.161. The average molecular weight is 226 g/mol. The quantitative estimate of drug-likeness (QED) is 0.544. The maximum absolute atomic E-state index is 11.7. The molecule has 2 atom stereocenters. The normalized spacial score (nSPS) is 25.0. The average Bonchev–Trinajstić information content (AvgIpc) is 2.16. The summed E-state index contributed by atoms with van der Waals surface area (Å²) in [5, 5.41) is 0. The molecular weight excluding hydrogens is 208 g/mol. The smallest absolute Gasteiger partial charge is 0.312 e. The van der Waals surface area contributed by atoms with Crippen LogP contribution in [-0.2, 0) is 19.1 Å². The molecule has 1 aliphatic carbocycles. The van der Waals surface area contributed by atoms with Gasteiger partial charge in [0.25, 0.3) is 0 Å². The van der Waals surface area contributed by atoms with Crippen LogP contribution in [0.1, 0.15) is 33.1 Å². The maximum Gasteiger partial charge on any atom is 0.312 e. The molecule has 0 aromatic rings. The van der Waals surface area contributed by atoms with Gasteiger partial charge in [-0.2, -0.15) is 0 Å². The molecule has 0 aromatic heterocycles. The Kier molecular flexibility index (Phi) is 4.52. The number of rotatable bonds is 3. The van der Waals surface area contributed by atoms with E-state index in [0.717, 1.165) is 12.0 Å². The molecule has 4 nitrogen and oxygen atoms in total. The molecule has 0 saturated heterocycles. The third kappa shape index (κ3) is 3.36. The summed E-state index contributed by atoms with van der Waals surface area (Å²) in [5.74, 6) is -0.982. The summed E-state index contributed by atoms with van der Waals surface area (Å²) in [5.41, 5.74) is 1.02. The highest BCUT2D eigenvalue weighted by atomic mass is 16.6. The number of hydrogen-bond donors (Lipinski definition) is 0. The lowest BCUT2D eigenvalue weighted by Gasteiger charge is -2.30. The molecule has 0 bridgehead atoms. The zero-order chi connectivity index (χ0) is 12.1. The van der Waals surface area contributed by atoms with Gasteiger partial charge in [0.05, 0.1) is 12.5 Å². The van der Waals surface area contributed by atoms with Crippen molar-refractivity contribution in [2.24, 2.45) is 5.92 Å². The molecule has 0 N–H and O–H groups in total. The summed E-state index contributed by atoms with van der Waals surface area (Å²) in [6, 6.07) is 0. The summed E-state index contributed by atoms with van der Waals surface area (Å²) in [4.78, 5) is 22.6. The molecule has 4 heteroatoms. The third-order valence-electron chi connectivity index (χ3n) is 2.65. The van der Waals surface area contributed by atoms with E-state index in [1.54, 1.807) is 6.92 Å². The minimum Gasteiger partial charge on any atom is -0.466 e. The second kappa shape index (κ2) is 5.68. The minimum absolute atomic E-state index is 0.277. The molecule has 0 radical (unpaired) electrons. The second-order valence-corrected chi connectivity index (χ2v) is 4.00. The van der Waals surface area contributed by atoms with Crippen LogP contribution in [0.25, 0.3) is 0 Å². The molecule has 1 aliphatic rings. The van der Waals surface area contributed by atoms with Crippen LogP contribution < -0.4 is 0 Å². The van der Waals surface area contributed by atoms with Gasteiger partial charge in [-0.1, -0.05) is 12.2 Å². The monoisotopic (exact) mass is 226 g/mol. The van der Waals surface area contributed by atoms with E-state index in [0.29, 0.717) is 19.4 Å². The Hall–Kier alpha value is -1.32. The SMILES string of the molecule is C=C1CCC(C(=O)OCC)C(OC(C)=O)C1. The molecule has 0 aliphatic heterocycles. The third-order valence-corrected chi connectivity index (χ3v) is 2.65. The van der Waals surface area contributed by atoms with Gasteiger partial charge in [-0.3, -0.25) is 9.59 Å². The van der Waals surface area contributed by atoms with Crippen LogP contribution in [0.2, 0.25) is 0 Å². The van der Waals surface area contributed by atoms with Crippen LogP contribution >= 0.6 is 0 Å². The van der Waals surface area contributed by atoms with Crippen molar-refractivity contribution in [3.63, 3.8) is 0 Å². The predicted molar refractivity (Wildman–Crippen MR) is 58.7 cm³/mol. The number of esters is 2. The molecular formula is C12H18O4. The summed E-state index contributed by atoms with van der Waals surface area (Å²) in [6.45, 7) is 7.33. The molecule has 1 rings (SSSR count). The molecule has 1 fully saturated rings. The summed E-state index contributed by atoms with van der Waals surface area (Å²) >= 11 is 0. The van der Waals surface area contributed by atoms with Crippen molar-refractivity contribution in [2.75, 3.05) is 6.61 Å². The second-order valence-electron chi connectivity index (χ2n) is 4.00. The van der Waals surface area contributed by atoms with Gasteiger partial charge in [0, 0.05) is 13.3 Å². The lowest BCUT2D eigenvalue weighted by atomic mass is 9.84. The van der Waals surface area contributed by atoms with Gasteiger partial charge >= 0.3 is 11.9 Å². The standard InChI is InChI=1S/C12H18O4/c1-4-15-12(14)10-6-5-8(2)7-11(10)16-9(3)13/h10-11H,2,4-7H2,1,3H3. The van der Waals surface area contributed by atoms with Crippen LogP contribution in [0.3, 0.4) is 0 Å². The summed E-state index contributed by atoms with van der Waals surface area (Å²) in [6.07, 6.45) is 1.60. The Labute approximate surface area is 95.6 Å². The summed E-state index contributed by atoms with van der Waals surface area (Å²) in [7, 11) is 0. The van der Waals surface area contributed by atoms with Crippen LogP contribution in [0.15, 0.2) is 12.2 Å². The molecule has 90 valence electrons. The van der Waals surface area contributed by atoms with Gasteiger partial charge in [0.2, 0.25) is 0 Å². The van der Waals surface area contributed by atoms with E-state index in [4.69, 9.17) is 9.47 Å². The molecule has 16 heavy (non-hydrogen) atoms. The van der Waals surface area contributed by atoms with Gasteiger partial charge in [0.15, 0.2) is 0 Å². The zero-order valence-corrected chi connectivity index (χ0v) is 9.82. The topological polar surface area (TPSA) is 52.6 Å². The largest absolute Gasteiger partial charge is 0.466 e. The van der Waals surface area contributed by atoms with Crippen molar-refractivity contribution in [2.45, 2.75) is 39.2 Å². The fourth-order valence-corrected chi connectivity index (χ4v) is 1.93. The van der Waals surface area contributed by atoms with Crippen LogP contribution in [0.5, 0.6) is 0 Å². The molecule has 0 heterocycles. The Morgan fingerprint density at radius 3 is 2.75 bits per heavy atom. The summed E-state index contributed by atoms with van der Waals surface area (Å²) < 4.78 is 10.1. The highest BCUT2D eigenvalue weighted by Gasteiger charge is 2.35. The van der Waals surface area contributed by atoms with E-state index in [1.165, 1.54) is 6.92 Å². The first kappa shape index (κ1) is 12.7. The number of carbonyl (C=O) groups excluding carboxylic acids is 2. The van der Waals surface area contributed by atoms with Crippen molar-refractivity contribution in [1.82, 2.24) is 0 Å². The first-order valence-corrected chi connectivity index (χ1v) is 5.55. The number of hydrogen-bond acceptors (Lipinski definition) is 4. The molecule has 2 unspecified atom stereocenters. The lowest BCUT2D eigenvalue weighted by Crippen LogP contribution is -2.36. The number of ether oxygens (including phenoxy) is 2. The predicted octanol–water partition coefficient (Wildman–Crippen LogP) is 1.84. The van der Waals surface area contributed by atoms with Gasteiger partial charge in [-0.15, -0.1) is 0 Å². The number of carbonyl (C=O) groups is 2. The van der Waals surface area contributed by atoms with Gasteiger partial charge in [-0.05, 0) is 19.8 Å². The molecule has 0 aromatic carbocycles. The highest BCUT2D eigenvalue weighted by Crippen LogP contribution is 2.30. The van der Waals surface area contributed by atoms with Crippen LogP contribution in [-0.4, -0.2) is 24.6 Å². The highest BCUT2D eigenvalue weighted by molar-refractivity contribution is 5.74. The van der Waals surface area contributed by atoms with E-state index in [2.05, 4.69) is 6.58 Å². The van der Waals surface area contributed by atoms with Crippen molar-refractivity contribution < 1.29 is 19.1 Å². The van der Waals surface area contributed by atoms with Crippen LogP contribution in [0.4, 0.5) is 0 Å². The fraction of sp³-hybridized carbons (Fsp3) is 0.667. The van der Waals surface area contributed by atoms with Crippen LogP contribution in [0, 0.1) is 5.92 Å². The van der Waals surface area contributed by atoms with Crippen molar-refractivity contribution in [3.8, 4) is 0 Å². The Morgan fingerprint density at radius 1 is 1.50 bits per heavy atom. The molecule has 0 spiro atoms. The van der Waals surface area contributed by atoms with Crippen molar-refractivity contribution in [1.29, 1.82) is 0 Å². The fourth-order valence-electron chi connectivity index (χ4n) is 1.93. The van der Waals surface area contributed by atoms with Crippen molar-refractivity contribution >= 4 is 11.9 Å². The Balaban J connectivity index is 2.67. The van der Waals surface area contributed by atoms with Crippen molar-refractivity contribution in [3.05, 3.63) is 12.2 Å². The first-order valence-electron chi connectivity index (χ1n) is 5.55. The molecule has 0 amide bonds. The van der Waals surface area contributed by atoms with E-state index in [1.807, 2.05) is 0 Å². The molecule has 1 saturated carbocycles. The van der Waals surface area contributed by atoms with Gasteiger partial charge < -0.3 is 9.47 Å². The zero-order valence-electron chi connectivity index (χ0n) is 9.82. The van der Waals surface area contributed by atoms with Gasteiger partial charge in [-0.25, -0.2) is 0 Å². The van der Waals surface area contributed by atoms with E-state index in [9.17, 15) is 9.59 Å². The first-order chi connectivity index (χ1) is 7.54. The van der Waals surface area contributed by atoms with Gasteiger partial charge in [0.1, 0.15) is 6.10 Å². The Morgan fingerprint density at radius 2 is 2.19 bits per heavy atom. The van der Waals surface area contributed by atoms with E-state index < -0.39 is 6.10 Å². The maximum atomic E-state index is 11.7.